The van der Waals surface area contributed by atoms with Gasteiger partial charge in [0.15, 0.2) is 17.5 Å². The molecule has 0 atom stereocenters. The van der Waals surface area contributed by atoms with Crippen molar-refractivity contribution in [2.75, 3.05) is 0 Å². The topological polar surface area (TPSA) is 51.8 Å². The number of rotatable bonds is 5. The molecule has 0 aliphatic heterocycles. The van der Waals surface area contributed by atoms with Crippen LogP contribution in [0.1, 0.15) is 0 Å². The standard InChI is InChI=1S/C43H27N3O/c1-4-12-28(13-5-1)30-20-22-32(23-21-30)42-44-41(31-16-8-3-9-17-31)45-43(46-42)38-27-37-34-18-10-11-19-39(34)47-40(37)35-25-24-33(26-36(35)38)29-14-6-2-7-15-29/h1-27H. The number of para-hydroxylation sites is 1. The lowest BCUT2D eigenvalue weighted by Crippen LogP contribution is -2.00. The van der Waals surface area contributed by atoms with E-state index < -0.39 is 0 Å². The summed E-state index contributed by atoms with van der Waals surface area (Å²) in [4.78, 5) is 15.3. The van der Waals surface area contributed by atoms with Gasteiger partial charge in [-0.05, 0) is 51.9 Å². The quantitative estimate of drug-likeness (QED) is 0.197. The fraction of sp³-hybridized carbons (Fsp3) is 0. The Hall–Kier alpha value is -6.39. The van der Waals surface area contributed by atoms with E-state index in [2.05, 4.69) is 103 Å². The molecule has 0 saturated heterocycles. The highest BCUT2D eigenvalue weighted by Gasteiger charge is 2.19. The highest BCUT2D eigenvalue weighted by atomic mass is 16.3. The largest absolute Gasteiger partial charge is 0.455 e. The maximum Gasteiger partial charge on any atom is 0.164 e. The van der Waals surface area contributed by atoms with Gasteiger partial charge in [0.2, 0.25) is 0 Å². The van der Waals surface area contributed by atoms with Crippen LogP contribution in [0.25, 0.3) is 89.1 Å². The van der Waals surface area contributed by atoms with E-state index in [-0.39, 0.29) is 0 Å². The van der Waals surface area contributed by atoms with Gasteiger partial charge in [-0.25, -0.2) is 15.0 Å². The third kappa shape index (κ3) is 4.84. The molecule has 2 aromatic heterocycles. The van der Waals surface area contributed by atoms with Crippen molar-refractivity contribution in [2.45, 2.75) is 0 Å². The molecule has 4 heteroatoms. The zero-order valence-electron chi connectivity index (χ0n) is 25.3. The molecule has 2 heterocycles. The molecule has 0 N–H and O–H groups in total. The van der Waals surface area contributed by atoms with Gasteiger partial charge in [-0.1, -0.05) is 140 Å². The minimum absolute atomic E-state index is 0.614. The van der Waals surface area contributed by atoms with E-state index >= 15 is 0 Å². The Labute approximate surface area is 271 Å². The number of benzene rings is 7. The van der Waals surface area contributed by atoms with E-state index in [0.29, 0.717) is 17.5 Å². The van der Waals surface area contributed by atoms with Crippen LogP contribution in [-0.2, 0) is 0 Å². The third-order valence-electron chi connectivity index (χ3n) is 8.74. The molecule has 0 saturated carbocycles. The lowest BCUT2D eigenvalue weighted by atomic mass is 9.95. The molecule has 7 aromatic carbocycles. The van der Waals surface area contributed by atoms with Crippen LogP contribution < -0.4 is 0 Å². The number of nitrogens with zero attached hydrogens (tertiary/aromatic N) is 3. The van der Waals surface area contributed by atoms with E-state index in [0.717, 1.165) is 66.1 Å². The van der Waals surface area contributed by atoms with Crippen molar-refractivity contribution >= 4 is 32.7 Å². The monoisotopic (exact) mass is 601 g/mol. The van der Waals surface area contributed by atoms with Crippen LogP contribution in [0.2, 0.25) is 0 Å². The van der Waals surface area contributed by atoms with E-state index in [9.17, 15) is 0 Å². The fourth-order valence-corrected chi connectivity index (χ4v) is 6.38. The van der Waals surface area contributed by atoms with Gasteiger partial charge in [-0.15, -0.1) is 0 Å². The number of furan rings is 1. The molecule has 9 aromatic rings. The first-order chi connectivity index (χ1) is 23.3. The number of aromatic nitrogens is 3. The molecule has 0 amide bonds. The molecule has 220 valence electrons. The Morgan fingerprint density at radius 1 is 0.319 bits per heavy atom. The van der Waals surface area contributed by atoms with Gasteiger partial charge >= 0.3 is 0 Å². The number of fused-ring (bicyclic) bond motifs is 5. The summed E-state index contributed by atoms with van der Waals surface area (Å²) in [5, 5.41) is 4.13. The lowest BCUT2D eigenvalue weighted by Gasteiger charge is -2.12. The van der Waals surface area contributed by atoms with Gasteiger partial charge in [0.25, 0.3) is 0 Å². The molecular formula is C43H27N3O. The molecule has 0 unspecified atom stereocenters. The molecule has 4 nitrogen and oxygen atoms in total. The van der Waals surface area contributed by atoms with E-state index in [4.69, 9.17) is 19.4 Å². The SMILES string of the molecule is c1ccc(-c2ccc(-c3nc(-c4ccccc4)nc(-c4cc5c6ccccc6oc5c5ccc(-c6ccccc6)cc45)n3)cc2)cc1. The molecule has 0 bridgehead atoms. The predicted molar refractivity (Wildman–Crippen MR) is 192 cm³/mol. The zero-order chi connectivity index (χ0) is 31.2. The minimum atomic E-state index is 0.614. The summed E-state index contributed by atoms with van der Waals surface area (Å²) >= 11 is 0. The molecule has 0 radical (unpaired) electrons. The number of hydrogen-bond acceptors (Lipinski definition) is 4. The van der Waals surface area contributed by atoms with E-state index in [1.807, 2.05) is 60.7 Å². The van der Waals surface area contributed by atoms with Crippen LogP contribution in [0.15, 0.2) is 168 Å². The van der Waals surface area contributed by atoms with E-state index in [1.54, 1.807) is 0 Å². The molecule has 0 aliphatic rings. The van der Waals surface area contributed by atoms with Crippen molar-refractivity contribution < 1.29 is 4.42 Å². The van der Waals surface area contributed by atoms with Crippen molar-refractivity contribution in [2.24, 2.45) is 0 Å². The zero-order valence-corrected chi connectivity index (χ0v) is 25.3. The Morgan fingerprint density at radius 2 is 0.809 bits per heavy atom. The summed E-state index contributed by atoms with van der Waals surface area (Å²) in [7, 11) is 0. The Balaban J connectivity index is 1.31. The Kier molecular flexibility index (Phi) is 6.43. The third-order valence-corrected chi connectivity index (χ3v) is 8.74. The maximum absolute atomic E-state index is 6.48. The second kappa shape index (κ2) is 11.2. The van der Waals surface area contributed by atoms with Crippen LogP contribution in [0.3, 0.4) is 0 Å². The summed E-state index contributed by atoms with van der Waals surface area (Å²) < 4.78 is 6.48. The predicted octanol–water partition coefficient (Wildman–Crippen LogP) is 11.3. The molecular weight excluding hydrogens is 574 g/mol. The second-order valence-corrected chi connectivity index (χ2v) is 11.6. The highest BCUT2D eigenvalue weighted by Crippen LogP contribution is 2.41. The summed E-state index contributed by atoms with van der Waals surface area (Å²) in [6, 6.07) is 56.3. The van der Waals surface area contributed by atoms with Crippen LogP contribution in [0.5, 0.6) is 0 Å². The fourth-order valence-electron chi connectivity index (χ4n) is 6.38. The van der Waals surface area contributed by atoms with Gasteiger partial charge in [-0.2, -0.15) is 0 Å². The normalized spacial score (nSPS) is 11.4. The van der Waals surface area contributed by atoms with Crippen LogP contribution in [0, 0.1) is 0 Å². The maximum atomic E-state index is 6.48. The van der Waals surface area contributed by atoms with Crippen LogP contribution in [0.4, 0.5) is 0 Å². The van der Waals surface area contributed by atoms with Gasteiger partial charge < -0.3 is 4.42 Å². The summed E-state index contributed by atoms with van der Waals surface area (Å²) in [6.45, 7) is 0. The first-order valence-corrected chi connectivity index (χ1v) is 15.7. The van der Waals surface area contributed by atoms with Gasteiger partial charge in [0, 0.05) is 32.8 Å². The Bertz CT molecular complexity index is 2540. The molecule has 0 aliphatic carbocycles. The molecule has 0 spiro atoms. The van der Waals surface area contributed by atoms with Crippen molar-refractivity contribution in [1.82, 2.24) is 15.0 Å². The van der Waals surface area contributed by atoms with Crippen LogP contribution >= 0.6 is 0 Å². The van der Waals surface area contributed by atoms with Crippen molar-refractivity contribution in [1.29, 1.82) is 0 Å². The molecule has 9 rings (SSSR count). The number of hydrogen-bond donors (Lipinski definition) is 0. The van der Waals surface area contributed by atoms with Gasteiger partial charge in [0.05, 0.1) is 0 Å². The first-order valence-electron chi connectivity index (χ1n) is 15.7. The smallest absolute Gasteiger partial charge is 0.164 e. The van der Waals surface area contributed by atoms with Crippen LogP contribution in [-0.4, -0.2) is 15.0 Å². The summed E-state index contributed by atoms with van der Waals surface area (Å²) in [5.74, 6) is 1.86. The molecule has 0 fully saturated rings. The minimum Gasteiger partial charge on any atom is -0.455 e. The average molecular weight is 602 g/mol. The van der Waals surface area contributed by atoms with Crippen molar-refractivity contribution in [3.8, 4) is 56.4 Å². The summed E-state index contributed by atoms with van der Waals surface area (Å²) in [5.41, 5.74) is 9.07. The lowest BCUT2D eigenvalue weighted by molar-refractivity contribution is 0.672. The van der Waals surface area contributed by atoms with Crippen molar-refractivity contribution in [3.63, 3.8) is 0 Å². The van der Waals surface area contributed by atoms with Crippen molar-refractivity contribution in [3.05, 3.63) is 164 Å². The molecule has 47 heavy (non-hydrogen) atoms. The van der Waals surface area contributed by atoms with Gasteiger partial charge in [-0.3, -0.25) is 0 Å². The second-order valence-electron chi connectivity index (χ2n) is 11.6. The Morgan fingerprint density at radius 3 is 1.49 bits per heavy atom. The van der Waals surface area contributed by atoms with E-state index in [1.165, 1.54) is 5.56 Å². The summed E-state index contributed by atoms with van der Waals surface area (Å²) in [6.07, 6.45) is 0. The average Bonchev–Trinajstić information content (AvgIpc) is 3.54. The first kappa shape index (κ1) is 27.0. The van der Waals surface area contributed by atoms with Gasteiger partial charge in [0.1, 0.15) is 11.2 Å². The highest BCUT2D eigenvalue weighted by molar-refractivity contribution is 6.19.